The van der Waals surface area contributed by atoms with Crippen molar-refractivity contribution in [3.63, 3.8) is 0 Å². The predicted molar refractivity (Wildman–Crippen MR) is 58.7 cm³/mol. The number of hydrogen-bond acceptors (Lipinski definition) is 2. The normalized spacial score (nSPS) is 21.5. The number of hydrogen-bond donors (Lipinski definition) is 1. The lowest BCUT2D eigenvalue weighted by Gasteiger charge is -2.21. The molecule has 2 heteroatoms. The van der Waals surface area contributed by atoms with Gasteiger partial charge in [0, 0.05) is 16.3 Å². The maximum Gasteiger partial charge on any atom is 0.00833 e. The van der Waals surface area contributed by atoms with Crippen LogP contribution in [0.5, 0.6) is 0 Å². The van der Waals surface area contributed by atoms with Crippen LogP contribution in [0.15, 0.2) is 6.07 Å². The summed E-state index contributed by atoms with van der Waals surface area (Å²) in [7, 11) is 2.05. The van der Waals surface area contributed by atoms with Crippen molar-refractivity contribution in [2.75, 3.05) is 13.6 Å². The molecule has 1 aromatic heterocycles. The quantitative estimate of drug-likeness (QED) is 0.765. The zero-order chi connectivity index (χ0) is 9.26. The first-order valence-corrected chi connectivity index (χ1v) is 5.86. The van der Waals surface area contributed by atoms with Crippen LogP contribution in [0.4, 0.5) is 0 Å². The fourth-order valence-electron chi connectivity index (χ4n) is 2.25. The first-order chi connectivity index (χ1) is 6.31. The van der Waals surface area contributed by atoms with Gasteiger partial charge in [0.05, 0.1) is 0 Å². The van der Waals surface area contributed by atoms with E-state index in [1.807, 2.05) is 18.4 Å². The molecule has 1 aliphatic carbocycles. The van der Waals surface area contributed by atoms with E-state index in [0.29, 0.717) is 0 Å². The Morgan fingerprint density at radius 3 is 3.23 bits per heavy atom. The van der Waals surface area contributed by atoms with Gasteiger partial charge in [-0.25, -0.2) is 0 Å². The molecule has 0 spiro atoms. The van der Waals surface area contributed by atoms with Crippen LogP contribution in [-0.4, -0.2) is 13.6 Å². The van der Waals surface area contributed by atoms with E-state index in [1.165, 1.54) is 24.1 Å². The minimum absolute atomic E-state index is 0.777. The van der Waals surface area contributed by atoms with E-state index in [9.17, 15) is 0 Å². The number of thiophene rings is 1. The van der Waals surface area contributed by atoms with Crippen molar-refractivity contribution in [3.8, 4) is 0 Å². The molecule has 1 nitrogen and oxygen atoms in total. The summed E-state index contributed by atoms with van der Waals surface area (Å²) in [6, 6.07) is 2.39. The molecule has 1 aliphatic rings. The van der Waals surface area contributed by atoms with Crippen molar-refractivity contribution in [2.24, 2.45) is 0 Å². The molecule has 1 aromatic rings. The Morgan fingerprint density at radius 1 is 1.62 bits per heavy atom. The van der Waals surface area contributed by atoms with Gasteiger partial charge in [-0.3, -0.25) is 0 Å². The second-order valence-corrected chi connectivity index (χ2v) is 5.22. The van der Waals surface area contributed by atoms with Crippen molar-refractivity contribution in [2.45, 2.75) is 32.1 Å². The molecule has 1 N–H and O–H groups in total. The molecule has 0 aliphatic heterocycles. The van der Waals surface area contributed by atoms with Crippen molar-refractivity contribution in [1.82, 2.24) is 5.32 Å². The first kappa shape index (κ1) is 9.22. The van der Waals surface area contributed by atoms with E-state index in [4.69, 9.17) is 0 Å². The molecular weight excluding hydrogens is 178 g/mol. The highest BCUT2D eigenvalue weighted by molar-refractivity contribution is 7.12. The summed E-state index contributed by atoms with van der Waals surface area (Å²) in [5.41, 5.74) is 1.63. The highest BCUT2D eigenvalue weighted by Gasteiger charge is 2.21. The third kappa shape index (κ3) is 1.79. The van der Waals surface area contributed by atoms with Crippen LogP contribution in [0.3, 0.4) is 0 Å². The number of likely N-dealkylation sites (N-methyl/N-ethyl adjacent to an activating group) is 1. The average molecular weight is 195 g/mol. The topological polar surface area (TPSA) is 12.0 Å². The molecule has 0 unspecified atom stereocenters. The van der Waals surface area contributed by atoms with Crippen LogP contribution >= 0.6 is 11.3 Å². The standard InChI is InChI=1S/C11H17NS/c1-8-6-10-9(7-12-2)4-3-5-11(10)13-8/h6,9,12H,3-5,7H2,1-2H3/t9-/m0/s1. The summed E-state index contributed by atoms with van der Waals surface area (Å²) in [5.74, 6) is 0.777. The number of nitrogens with one attached hydrogen (secondary N) is 1. The Labute approximate surface area is 84.2 Å². The molecule has 2 rings (SSSR count). The van der Waals surface area contributed by atoms with Gasteiger partial charge >= 0.3 is 0 Å². The van der Waals surface area contributed by atoms with E-state index in [-0.39, 0.29) is 0 Å². The summed E-state index contributed by atoms with van der Waals surface area (Å²) >= 11 is 1.99. The Balaban J connectivity index is 2.25. The van der Waals surface area contributed by atoms with Crippen molar-refractivity contribution in [1.29, 1.82) is 0 Å². The summed E-state index contributed by atoms with van der Waals surface area (Å²) < 4.78 is 0. The van der Waals surface area contributed by atoms with Crippen LogP contribution in [0.2, 0.25) is 0 Å². The smallest absolute Gasteiger partial charge is 0.00833 e. The molecule has 1 atom stereocenters. The molecule has 0 fully saturated rings. The van der Waals surface area contributed by atoms with Gasteiger partial charge in [0.15, 0.2) is 0 Å². The minimum atomic E-state index is 0.777. The van der Waals surface area contributed by atoms with E-state index >= 15 is 0 Å². The SMILES string of the molecule is CNC[C@@H]1CCCc2sc(C)cc21. The van der Waals surface area contributed by atoms with Crippen molar-refractivity contribution >= 4 is 11.3 Å². The van der Waals surface area contributed by atoms with Crippen LogP contribution in [0, 0.1) is 6.92 Å². The molecule has 0 amide bonds. The Kier molecular flexibility index (Phi) is 2.70. The van der Waals surface area contributed by atoms with E-state index in [0.717, 1.165) is 12.5 Å². The number of fused-ring (bicyclic) bond motifs is 1. The van der Waals surface area contributed by atoms with Gasteiger partial charge in [0.1, 0.15) is 0 Å². The lowest BCUT2D eigenvalue weighted by molar-refractivity contribution is 0.534. The minimum Gasteiger partial charge on any atom is -0.319 e. The lowest BCUT2D eigenvalue weighted by Crippen LogP contribution is -2.20. The summed E-state index contributed by atoms with van der Waals surface area (Å²) in [6.07, 6.45) is 4.05. The molecule has 0 aromatic carbocycles. The van der Waals surface area contributed by atoms with Gasteiger partial charge in [-0.1, -0.05) is 0 Å². The third-order valence-electron chi connectivity index (χ3n) is 2.81. The van der Waals surface area contributed by atoms with Crippen molar-refractivity contribution in [3.05, 3.63) is 21.4 Å². The lowest BCUT2D eigenvalue weighted by atomic mass is 9.87. The summed E-state index contributed by atoms with van der Waals surface area (Å²) in [4.78, 5) is 3.12. The summed E-state index contributed by atoms with van der Waals surface area (Å²) in [6.45, 7) is 3.36. The number of aryl methyl sites for hydroxylation is 2. The highest BCUT2D eigenvalue weighted by atomic mass is 32.1. The second-order valence-electron chi connectivity index (χ2n) is 3.88. The molecule has 0 saturated heterocycles. The zero-order valence-electron chi connectivity index (χ0n) is 8.39. The molecule has 1 heterocycles. The van der Waals surface area contributed by atoms with E-state index in [1.54, 1.807) is 10.4 Å². The van der Waals surface area contributed by atoms with Gasteiger partial charge in [0.2, 0.25) is 0 Å². The predicted octanol–water partition coefficient (Wildman–Crippen LogP) is 2.70. The maximum atomic E-state index is 3.29. The maximum absolute atomic E-state index is 3.29. The molecular formula is C11H17NS. The van der Waals surface area contributed by atoms with Crippen LogP contribution < -0.4 is 5.32 Å². The van der Waals surface area contributed by atoms with Gasteiger partial charge in [-0.2, -0.15) is 0 Å². The number of rotatable bonds is 2. The second kappa shape index (κ2) is 3.81. The Hall–Kier alpha value is -0.340. The van der Waals surface area contributed by atoms with Crippen LogP contribution in [-0.2, 0) is 6.42 Å². The zero-order valence-corrected chi connectivity index (χ0v) is 9.21. The monoisotopic (exact) mass is 195 g/mol. The first-order valence-electron chi connectivity index (χ1n) is 5.05. The van der Waals surface area contributed by atoms with Crippen LogP contribution in [0.1, 0.15) is 34.1 Å². The highest BCUT2D eigenvalue weighted by Crippen LogP contribution is 2.36. The fraction of sp³-hybridized carbons (Fsp3) is 0.636. The van der Waals surface area contributed by atoms with Crippen molar-refractivity contribution < 1.29 is 0 Å². The fourth-order valence-corrected chi connectivity index (χ4v) is 3.41. The van der Waals surface area contributed by atoms with Crippen LogP contribution in [0.25, 0.3) is 0 Å². The Bertz CT molecular complexity index is 290. The Morgan fingerprint density at radius 2 is 2.46 bits per heavy atom. The third-order valence-corrected chi connectivity index (χ3v) is 3.94. The van der Waals surface area contributed by atoms with Gasteiger partial charge in [0.25, 0.3) is 0 Å². The molecule has 72 valence electrons. The molecule has 0 radical (unpaired) electrons. The van der Waals surface area contributed by atoms with Gasteiger partial charge in [-0.15, -0.1) is 11.3 Å². The van der Waals surface area contributed by atoms with Gasteiger partial charge < -0.3 is 5.32 Å². The largest absolute Gasteiger partial charge is 0.319 e. The average Bonchev–Trinajstić information content (AvgIpc) is 2.47. The van der Waals surface area contributed by atoms with E-state index in [2.05, 4.69) is 18.3 Å². The molecule has 0 saturated carbocycles. The summed E-state index contributed by atoms with van der Waals surface area (Å²) in [5, 5.41) is 3.29. The molecule has 13 heavy (non-hydrogen) atoms. The van der Waals surface area contributed by atoms with E-state index < -0.39 is 0 Å². The van der Waals surface area contributed by atoms with Gasteiger partial charge in [-0.05, 0) is 50.8 Å². The molecule has 0 bridgehead atoms.